The van der Waals surface area contributed by atoms with E-state index in [9.17, 15) is 0 Å². The molecule has 50 valence electrons. The Bertz CT molecular complexity index is 243. The van der Waals surface area contributed by atoms with Crippen LogP contribution in [-0.2, 0) is 4.74 Å². The normalized spacial score (nSPS) is 27.2. The molecule has 0 aromatic rings. The van der Waals surface area contributed by atoms with Gasteiger partial charge in [0.05, 0.1) is 12.5 Å². The highest BCUT2D eigenvalue weighted by molar-refractivity contribution is 5.36. The quantitative estimate of drug-likeness (QED) is 0.490. The summed E-state index contributed by atoms with van der Waals surface area (Å²) in [6.45, 7) is 0. The average Bonchev–Trinajstić information content (AvgIpc) is 2.05. The van der Waals surface area contributed by atoms with Crippen molar-refractivity contribution >= 4 is 0 Å². The maximum absolute atomic E-state index is 5.01. The predicted octanol–water partition coefficient (Wildman–Crippen LogP) is 2.16. The molecule has 0 saturated carbocycles. The number of rotatable bonds is 0. The Hall–Kier alpha value is -1.24. The molecule has 2 aliphatic rings. The lowest BCUT2D eigenvalue weighted by Gasteiger charge is -2.15. The molecule has 2 rings (SSSR count). The molecule has 0 fully saturated rings. The molecule has 0 amide bonds. The van der Waals surface area contributed by atoms with Crippen LogP contribution in [0.25, 0.3) is 0 Å². The minimum absolute atomic E-state index is 0.443. The predicted molar refractivity (Wildman–Crippen MR) is 40.1 cm³/mol. The van der Waals surface area contributed by atoms with Crippen LogP contribution in [0.2, 0.25) is 0 Å². The van der Waals surface area contributed by atoms with Gasteiger partial charge < -0.3 is 4.74 Å². The lowest BCUT2D eigenvalue weighted by molar-refractivity contribution is 0.383. The van der Waals surface area contributed by atoms with E-state index in [1.165, 1.54) is 5.57 Å². The van der Waals surface area contributed by atoms with Crippen molar-refractivity contribution in [3.8, 4) is 0 Å². The second-order valence-electron chi connectivity index (χ2n) is 2.35. The molecule has 0 saturated heterocycles. The van der Waals surface area contributed by atoms with E-state index >= 15 is 0 Å². The van der Waals surface area contributed by atoms with Gasteiger partial charge >= 0.3 is 0 Å². The molecule has 1 heteroatoms. The number of hydrogen-bond donors (Lipinski definition) is 0. The first-order valence-corrected chi connectivity index (χ1v) is 3.34. The summed E-state index contributed by atoms with van der Waals surface area (Å²) >= 11 is 0. The zero-order chi connectivity index (χ0) is 6.81. The smallest absolute Gasteiger partial charge is 0.0942 e. The van der Waals surface area contributed by atoms with Crippen molar-refractivity contribution in [3.05, 3.63) is 48.5 Å². The summed E-state index contributed by atoms with van der Waals surface area (Å²) in [4.78, 5) is 0. The fourth-order valence-electron chi connectivity index (χ4n) is 1.11. The second-order valence-corrected chi connectivity index (χ2v) is 2.35. The van der Waals surface area contributed by atoms with Gasteiger partial charge in [0.1, 0.15) is 0 Å². The summed E-state index contributed by atoms with van der Waals surface area (Å²) in [6, 6.07) is 0. The van der Waals surface area contributed by atoms with E-state index in [0.29, 0.717) is 5.92 Å². The SMILES string of the molecule is C1=CC2=COC=CC2C=C1. The molecule has 0 spiro atoms. The van der Waals surface area contributed by atoms with E-state index in [1.807, 2.05) is 12.2 Å². The number of allylic oxidation sites excluding steroid dienone is 6. The molecular formula is C9H8O. The van der Waals surface area contributed by atoms with Crippen LogP contribution in [0, 0.1) is 5.92 Å². The molecule has 0 aromatic heterocycles. The molecule has 1 nitrogen and oxygen atoms in total. The van der Waals surface area contributed by atoms with Crippen molar-refractivity contribution in [2.75, 3.05) is 0 Å². The van der Waals surface area contributed by atoms with Crippen LogP contribution >= 0.6 is 0 Å². The van der Waals surface area contributed by atoms with Crippen molar-refractivity contribution in [1.82, 2.24) is 0 Å². The van der Waals surface area contributed by atoms with E-state index < -0.39 is 0 Å². The third kappa shape index (κ3) is 0.798. The highest BCUT2D eigenvalue weighted by Crippen LogP contribution is 2.22. The van der Waals surface area contributed by atoms with Gasteiger partial charge in [-0.2, -0.15) is 0 Å². The van der Waals surface area contributed by atoms with E-state index in [4.69, 9.17) is 4.74 Å². The molecule has 1 atom stereocenters. The van der Waals surface area contributed by atoms with Gasteiger partial charge in [0.15, 0.2) is 0 Å². The molecular weight excluding hydrogens is 124 g/mol. The fourth-order valence-corrected chi connectivity index (χ4v) is 1.11. The van der Waals surface area contributed by atoms with Crippen LogP contribution < -0.4 is 0 Å². The molecule has 0 radical (unpaired) electrons. The molecule has 1 unspecified atom stereocenters. The Morgan fingerprint density at radius 3 is 3.10 bits per heavy atom. The standard InChI is InChI=1S/C9H8O/c1-2-4-9-7-10-6-5-8(9)3-1/h1-8H. The Morgan fingerprint density at radius 2 is 2.20 bits per heavy atom. The van der Waals surface area contributed by atoms with Crippen LogP contribution in [0.5, 0.6) is 0 Å². The summed E-state index contributed by atoms with van der Waals surface area (Å²) in [5.74, 6) is 0.443. The van der Waals surface area contributed by atoms with Gasteiger partial charge in [0, 0.05) is 5.92 Å². The Labute approximate surface area is 60.0 Å². The Morgan fingerprint density at radius 1 is 1.20 bits per heavy atom. The van der Waals surface area contributed by atoms with Crippen molar-refractivity contribution in [2.24, 2.45) is 5.92 Å². The van der Waals surface area contributed by atoms with Crippen molar-refractivity contribution in [3.63, 3.8) is 0 Å². The summed E-state index contributed by atoms with van der Waals surface area (Å²) in [5, 5.41) is 0. The van der Waals surface area contributed by atoms with Crippen LogP contribution in [0.15, 0.2) is 48.5 Å². The Balaban J connectivity index is 2.33. The van der Waals surface area contributed by atoms with Crippen LogP contribution in [0.1, 0.15) is 0 Å². The van der Waals surface area contributed by atoms with E-state index in [1.54, 1.807) is 12.5 Å². The largest absolute Gasteiger partial charge is 0.473 e. The maximum atomic E-state index is 5.01. The van der Waals surface area contributed by atoms with Gasteiger partial charge in [-0.15, -0.1) is 0 Å². The van der Waals surface area contributed by atoms with Gasteiger partial charge in [-0.25, -0.2) is 0 Å². The molecule has 0 bridgehead atoms. The van der Waals surface area contributed by atoms with E-state index in [2.05, 4.69) is 18.2 Å². The van der Waals surface area contributed by atoms with E-state index in [-0.39, 0.29) is 0 Å². The van der Waals surface area contributed by atoms with Crippen LogP contribution in [0.3, 0.4) is 0 Å². The third-order valence-electron chi connectivity index (χ3n) is 1.67. The summed E-state index contributed by atoms with van der Waals surface area (Å²) in [7, 11) is 0. The lowest BCUT2D eigenvalue weighted by atomic mass is 9.95. The molecule has 0 aromatic carbocycles. The fraction of sp³-hybridized carbons (Fsp3) is 0.111. The first-order chi connectivity index (χ1) is 4.97. The van der Waals surface area contributed by atoms with Crippen molar-refractivity contribution in [2.45, 2.75) is 0 Å². The average molecular weight is 132 g/mol. The van der Waals surface area contributed by atoms with Gasteiger partial charge in [0.25, 0.3) is 0 Å². The Kier molecular flexibility index (Phi) is 1.21. The number of fused-ring (bicyclic) bond motifs is 1. The lowest BCUT2D eigenvalue weighted by Crippen LogP contribution is -2.01. The zero-order valence-corrected chi connectivity index (χ0v) is 5.53. The van der Waals surface area contributed by atoms with Gasteiger partial charge in [-0.3, -0.25) is 0 Å². The van der Waals surface area contributed by atoms with Gasteiger partial charge in [-0.1, -0.05) is 24.3 Å². The van der Waals surface area contributed by atoms with Gasteiger partial charge in [-0.05, 0) is 11.6 Å². The van der Waals surface area contributed by atoms with Crippen molar-refractivity contribution in [1.29, 1.82) is 0 Å². The van der Waals surface area contributed by atoms with Crippen LogP contribution in [-0.4, -0.2) is 0 Å². The number of ether oxygens (including phenoxy) is 1. The summed E-state index contributed by atoms with van der Waals surface area (Å²) in [5.41, 5.74) is 1.23. The highest BCUT2D eigenvalue weighted by Gasteiger charge is 2.10. The maximum Gasteiger partial charge on any atom is 0.0942 e. The minimum Gasteiger partial charge on any atom is -0.473 e. The molecule has 1 aliphatic heterocycles. The zero-order valence-electron chi connectivity index (χ0n) is 5.53. The molecule has 0 N–H and O–H groups in total. The summed E-state index contributed by atoms with van der Waals surface area (Å²) in [6.07, 6.45) is 13.8. The monoisotopic (exact) mass is 132 g/mol. The molecule has 10 heavy (non-hydrogen) atoms. The highest BCUT2D eigenvalue weighted by atomic mass is 16.5. The van der Waals surface area contributed by atoms with Crippen LogP contribution in [0.4, 0.5) is 0 Å². The van der Waals surface area contributed by atoms with Gasteiger partial charge in [0.2, 0.25) is 0 Å². The third-order valence-corrected chi connectivity index (χ3v) is 1.67. The first kappa shape index (κ1) is 5.54. The topological polar surface area (TPSA) is 9.23 Å². The van der Waals surface area contributed by atoms with E-state index in [0.717, 1.165) is 0 Å². The summed E-state index contributed by atoms with van der Waals surface area (Å²) < 4.78 is 5.01. The van der Waals surface area contributed by atoms with Crippen molar-refractivity contribution < 1.29 is 4.74 Å². The molecule has 1 aliphatic carbocycles. The second kappa shape index (κ2) is 2.18. The molecule has 1 heterocycles. The minimum atomic E-state index is 0.443. The first-order valence-electron chi connectivity index (χ1n) is 3.34. The number of hydrogen-bond acceptors (Lipinski definition) is 1.